The van der Waals surface area contributed by atoms with Gasteiger partial charge in [-0.1, -0.05) is 48.0 Å². The summed E-state index contributed by atoms with van der Waals surface area (Å²) >= 11 is 0. The van der Waals surface area contributed by atoms with Gasteiger partial charge in [0.2, 0.25) is 0 Å². The largest absolute Gasteiger partial charge is 0.481 e. The fraction of sp³-hybridized carbons (Fsp3) is 0.136. The molecule has 0 unspecified atom stereocenters. The van der Waals surface area contributed by atoms with Crippen molar-refractivity contribution in [2.45, 2.75) is 20.0 Å². The van der Waals surface area contributed by atoms with Crippen molar-refractivity contribution in [3.63, 3.8) is 0 Å². The number of aryl methyl sites for hydroxylation is 1. The van der Waals surface area contributed by atoms with Crippen LogP contribution in [0, 0.1) is 6.92 Å². The van der Waals surface area contributed by atoms with Gasteiger partial charge in [-0.2, -0.15) is 0 Å². The average molecular weight is 347 g/mol. The number of ether oxygens (including phenoxy) is 2. The van der Waals surface area contributed by atoms with E-state index in [1.807, 2.05) is 79.7 Å². The highest BCUT2D eigenvalue weighted by molar-refractivity contribution is 5.95. The molecule has 0 aliphatic rings. The zero-order chi connectivity index (χ0) is 18.4. The van der Waals surface area contributed by atoms with Gasteiger partial charge in [-0.05, 0) is 50.2 Å². The van der Waals surface area contributed by atoms with Crippen LogP contribution in [-0.4, -0.2) is 12.0 Å². The molecule has 4 heteroatoms. The second-order valence-electron chi connectivity index (χ2n) is 5.97. The monoisotopic (exact) mass is 347 g/mol. The van der Waals surface area contributed by atoms with Crippen molar-refractivity contribution in [3.05, 3.63) is 84.4 Å². The Morgan fingerprint density at radius 1 is 0.846 bits per heavy atom. The number of hydrogen-bond donors (Lipinski definition) is 1. The molecule has 26 heavy (non-hydrogen) atoms. The lowest BCUT2D eigenvalue weighted by Gasteiger charge is -2.17. The maximum atomic E-state index is 12.5. The smallest absolute Gasteiger partial charge is 0.265 e. The van der Waals surface area contributed by atoms with E-state index in [0.29, 0.717) is 22.9 Å². The summed E-state index contributed by atoms with van der Waals surface area (Å²) in [5.41, 5.74) is 1.74. The minimum atomic E-state index is -0.637. The van der Waals surface area contributed by atoms with Crippen molar-refractivity contribution < 1.29 is 14.3 Å². The summed E-state index contributed by atoms with van der Waals surface area (Å²) in [6.45, 7) is 3.72. The van der Waals surface area contributed by atoms with Gasteiger partial charge >= 0.3 is 0 Å². The normalized spacial score (nSPS) is 11.5. The Morgan fingerprint density at radius 3 is 2.23 bits per heavy atom. The van der Waals surface area contributed by atoms with E-state index < -0.39 is 6.10 Å². The Hall–Kier alpha value is -3.27. The molecule has 132 valence electrons. The second kappa shape index (κ2) is 8.21. The highest BCUT2D eigenvalue weighted by Crippen LogP contribution is 2.29. The number of rotatable bonds is 6. The van der Waals surface area contributed by atoms with Crippen LogP contribution in [0.25, 0.3) is 0 Å². The molecular weight excluding hydrogens is 326 g/mol. The zero-order valence-electron chi connectivity index (χ0n) is 14.8. The lowest BCUT2D eigenvalue weighted by molar-refractivity contribution is -0.122. The van der Waals surface area contributed by atoms with Crippen molar-refractivity contribution in [1.82, 2.24) is 0 Å². The number of carbonyl (C=O) groups is 1. The van der Waals surface area contributed by atoms with Crippen molar-refractivity contribution in [2.75, 3.05) is 5.32 Å². The lowest BCUT2D eigenvalue weighted by atomic mass is 10.2. The molecule has 0 fully saturated rings. The molecule has 3 aromatic rings. The van der Waals surface area contributed by atoms with E-state index in [-0.39, 0.29) is 5.91 Å². The fourth-order valence-corrected chi connectivity index (χ4v) is 2.38. The van der Waals surface area contributed by atoms with Crippen LogP contribution in [0.3, 0.4) is 0 Å². The van der Waals surface area contributed by atoms with Crippen LogP contribution in [-0.2, 0) is 4.79 Å². The third kappa shape index (κ3) is 4.63. The van der Waals surface area contributed by atoms with Crippen LogP contribution in [0.1, 0.15) is 12.5 Å². The first-order valence-corrected chi connectivity index (χ1v) is 8.48. The van der Waals surface area contributed by atoms with Crippen molar-refractivity contribution >= 4 is 11.6 Å². The van der Waals surface area contributed by atoms with E-state index in [4.69, 9.17) is 9.47 Å². The first kappa shape index (κ1) is 17.5. The minimum absolute atomic E-state index is 0.241. The molecular formula is C22H21NO3. The quantitative estimate of drug-likeness (QED) is 0.667. The third-order valence-electron chi connectivity index (χ3n) is 3.82. The number of benzene rings is 3. The number of hydrogen-bond acceptors (Lipinski definition) is 3. The van der Waals surface area contributed by atoms with Crippen LogP contribution in [0.5, 0.6) is 17.2 Å². The van der Waals surface area contributed by atoms with Gasteiger partial charge in [-0.15, -0.1) is 0 Å². The van der Waals surface area contributed by atoms with Crippen molar-refractivity contribution in [2.24, 2.45) is 0 Å². The Bertz CT molecular complexity index is 860. The molecule has 0 radical (unpaired) electrons. The summed E-state index contributed by atoms with van der Waals surface area (Å²) in [6, 6.07) is 24.4. The van der Waals surface area contributed by atoms with E-state index >= 15 is 0 Å². The van der Waals surface area contributed by atoms with Crippen LogP contribution in [0.2, 0.25) is 0 Å². The van der Waals surface area contributed by atoms with Crippen LogP contribution >= 0.6 is 0 Å². The first-order chi connectivity index (χ1) is 12.6. The topological polar surface area (TPSA) is 47.6 Å². The van der Waals surface area contributed by atoms with E-state index in [0.717, 1.165) is 5.56 Å². The van der Waals surface area contributed by atoms with Gasteiger partial charge in [0.15, 0.2) is 11.9 Å². The number of amides is 1. The molecule has 1 N–H and O–H groups in total. The van der Waals surface area contributed by atoms with E-state index in [1.165, 1.54) is 0 Å². The van der Waals surface area contributed by atoms with Gasteiger partial charge in [-0.25, -0.2) is 0 Å². The van der Waals surface area contributed by atoms with E-state index in [2.05, 4.69) is 5.32 Å². The molecule has 0 aliphatic heterocycles. The molecule has 4 nitrogen and oxygen atoms in total. The minimum Gasteiger partial charge on any atom is -0.481 e. The predicted molar refractivity (Wildman–Crippen MR) is 103 cm³/mol. The third-order valence-corrected chi connectivity index (χ3v) is 3.82. The van der Waals surface area contributed by atoms with Crippen LogP contribution < -0.4 is 14.8 Å². The molecule has 0 saturated carbocycles. The summed E-state index contributed by atoms with van der Waals surface area (Å²) in [7, 11) is 0. The molecule has 1 amide bonds. The highest BCUT2D eigenvalue weighted by atomic mass is 16.5. The van der Waals surface area contributed by atoms with Gasteiger partial charge in [0, 0.05) is 0 Å². The molecule has 0 aromatic heterocycles. The number of para-hydroxylation sites is 3. The zero-order valence-corrected chi connectivity index (χ0v) is 14.8. The van der Waals surface area contributed by atoms with Gasteiger partial charge in [0.25, 0.3) is 5.91 Å². The summed E-state index contributed by atoms with van der Waals surface area (Å²) in [5, 5.41) is 2.87. The summed E-state index contributed by atoms with van der Waals surface area (Å²) in [5.74, 6) is 1.70. The fourth-order valence-electron chi connectivity index (χ4n) is 2.38. The SMILES string of the molecule is Cc1ccc(O[C@@H](C)C(=O)Nc2ccccc2Oc2ccccc2)cc1. The average Bonchev–Trinajstić information content (AvgIpc) is 2.66. The van der Waals surface area contributed by atoms with E-state index in [9.17, 15) is 4.79 Å². The van der Waals surface area contributed by atoms with Crippen LogP contribution in [0.15, 0.2) is 78.9 Å². The summed E-state index contributed by atoms with van der Waals surface area (Å²) in [6.07, 6.45) is -0.637. The summed E-state index contributed by atoms with van der Waals surface area (Å²) < 4.78 is 11.6. The molecule has 0 aliphatic carbocycles. The summed E-state index contributed by atoms with van der Waals surface area (Å²) in [4.78, 5) is 12.5. The highest BCUT2D eigenvalue weighted by Gasteiger charge is 2.17. The first-order valence-electron chi connectivity index (χ1n) is 8.48. The molecule has 3 rings (SSSR count). The van der Waals surface area contributed by atoms with Gasteiger partial charge in [0.05, 0.1) is 5.69 Å². The van der Waals surface area contributed by atoms with Gasteiger partial charge < -0.3 is 14.8 Å². The molecule has 0 bridgehead atoms. The Labute approximate surface area is 153 Å². The maximum absolute atomic E-state index is 12.5. The maximum Gasteiger partial charge on any atom is 0.265 e. The molecule has 1 atom stereocenters. The molecule has 0 heterocycles. The van der Waals surface area contributed by atoms with Gasteiger partial charge in [-0.3, -0.25) is 4.79 Å². The number of carbonyl (C=O) groups excluding carboxylic acids is 1. The molecule has 0 spiro atoms. The van der Waals surface area contributed by atoms with Crippen molar-refractivity contribution in [3.8, 4) is 17.2 Å². The Balaban J connectivity index is 1.68. The van der Waals surface area contributed by atoms with E-state index in [1.54, 1.807) is 13.0 Å². The molecule has 3 aromatic carbocycles. The lowest BCUT2D eigenvalue weighted by Crippen LogP contribution is -2.30. The van der Waals surface area contributed by atoms with Crippen LogP contribution in [0.4, 0.5) is 5.69 Å². The predicted octanol–water partition coefficient (Wildman–Crippen LogP) is 5.19. The Morgan fingerprint density at radius 2 is 1.50 bits per heavy atom. The number of nitrogens with one attached hydrogen (secondary N) is 1. The standard InChI is InChI=1S/C22H21NO3/c1-16-12-14-19(15-13-16)25-17(2)22(24)23-20-10-6-7-11-21(20)26-18-8-4-3-5-9-18/h3-15,17H,1-2H3,(H,23,24)/t17-/m0/s1. The second-order valence-corrected chi connectivity index (χ2v) is 5.97. The molecule has 0 saturated heterocycles. The Kier molecular flexibility index (Phi) is 5.54. The van der Waals surface area contributed by atoms with Gasteiger partial charge in [0.1, 0.15) is 11.5 Å². The number of anilines is 1. The van der Waals surface area contributed by atoms with Crippen molar-refractivity contribution in [1.29, 1.82) is 0 Å².